The second-order valence-electron chi connectivity index (χ2n) is 16.3. The molecule has 61 heavy (non-hydrogen) atoms. The molecule has 2 aromatic heterocycles. The number of benzene rings is 6. The lowest BCUT2D eigenvalue weighted by Crippen LogP contribution is -2.43. The number of anilines is 2. The van der Waals surface area contributed by atoms with Crippen molar-refractivity contribution in [2.24, 2.45) is 29.6 Å². The normalized spacial score (nSPS) is 23.5. The highest BCUT2D eigenvalue weighted by Gasteiger charge is 2.62. The maximum absolute atomic E-state index is 14.8. The maximum atomic E-state index is 14.8. The molecule has 1 N–H and O–H groups in total. The second kappa shape index (κ2) is 13.2. The van der Waals surface area contributed by atoms with E-state index in [1.54, 1.807) is 48.5 Å². The number of aromatic hydroxyl groups is 1. The highest BCUT2D eigenvalue weighted by Crippen LogP contribution is 2.60. The molecule has 4 amide bonds. The second-order valence-corrected chi connectivity index (χ2v) is 16.3. The third-order valence-corrected chi connectivity index (χ3v) is 13.2. The van der Waals surface area contributed by atoms with Crippen LogP contribution in [0.25, 0.3) is 55.9 Å². The molecule has 0 spiro atoms. The van der Waals surface area contributed by atoms with Crippen molar-refractivity contribution in [1.29, 1.82) is 0 Å². The van der Waals surface area contributed by atoms with Gasteiger partial charge in [0, 0.05) is 28.0 Å². The Morgan fingerprint density at radius 3 is 1.69 bits per heavy atom. The third kappa shape index (κ3) is 5.22. The maximum Gasteiger partial charge on any atom is 0.238 e. The lowest BCUT2D eigenvalue weighted by molar-refractivity contribution is -0.126. The topological polar surface area (TPSA) is 147 Å². The van der Waals surface area contributed by atoms with Gasteiger partial charge in [-0.25, -0.2) is 9.97 Å². The molecule has 2 aliphatic carbocycles. The van der Waals surface area contributed by atoms with Crippen LogP contribution in [0.5, 0.6) is 5.75 Å². The first-order chi connectivity index (χ1) is 29.8. The summed E-state index contributed by atoms with van der Waals surface area (Å²) in [6, 6.07) is 40.2. The van der Waals surface area contributed by atoms with Crippen molar-refractivity contribution in [3.05, 3.63) is 151 Å². The zero-order valence-electron chi connectivity index (χ0n) is 32.3. The number of hydrogen-bond acceptors (Lipinski definition) is 9. The van der Waals surface area contributed by atoms with Crippen LogP contribution in [0.3, 0.4) is 0 Å². The number of nitrogens with zero attached hydrogens (tertiary/aromatic N) is 4. The molecule has 8 aromatic rings. The minimum absolute atomic E-state index is 0.0291. The summed E-state index contributed by atoms with van der Waals surface area (Å²) in [6.07, 6.45) is 2.47. The Morgan fingerprint density at radius 2 is 1.08 bits per heavy atom. The van der Waals surface area contributed by atoms with E-state index >= 15 is 0 Å². The molecule has 2 saturated heterocycles. The molecule has 11 heteroatoms. The summed E-state index contributed by atoms with van der Waals surface area (Å²) < 4.78 is 11.9. The van der Waals surface area contributed by atoms with Crippen molar-refractivity contribution < 1.29 is 33.1 Å². The minimum Gasteiger partial charge on any atom is -0.507 e. The quantitative estimate of drug-likeness (QED) is 0.133. The molecule has 12 rings (SSSR count). The van der Waals surface area contributed by atoms with Gasteiger partial charge in [-0.15, -0.1) is 0 Å². The molecule has 6 aromatic carbocycles. The molecule has 296 valence electrons. The first-order valence-corrected chi connectivity index (χ1v) is 20.4. The Bertz CT molecular complexity index is 3140. The van der Waals surface area contributed by atoms with Crippen LogP contribution >= 0.6 is 0 Å². The van der Waals surface area contributed by atoms with Crippen LogP contribution in [0, 0.1) is 29.6 Å². The summed E-state index contributed by atoms with van der Waals surface area (Å²) >= 11 is 0. The number of aromatic nitrogens is 2. The monoisotopic (exact) mass is 802 g/mol. The van der Waals surface area contributed by atoms with E-state index in [4.69, 9.17) is 8.83 Å². The average molecular weight is 803 g/mol. The molecule has 1 saturated carbocycles. The standard InChI is InChI=1S/C50H34N4O7/c55-44-31-8-2-1-7-26(31)17-22-33(44)41-32-23-24-34-42(49(58)53(47(34)56)29-18-13-27(14-19-29)45-51-37-9-3-5-11-39(37)60-45)35(32)25-36-43(41)50(59)54(48(36)57)30-20-15-28(16-21-30)46-52-38-10-4-6-12-40(38)61-46/h1-23,34-36,41-43,55H,24-25H2. The van der Waals surface area contributed by atoms with Crippen molar-refractivity contribution in [2.45, 2.75) is 18.8 Å². The highest BCUT2D eigenvalue weighted by atomic mass is 16.4. The van der Waals surface area contributed by atoms with Gasteiger partial charge in [-0.1, -0.05) is 72.3 Å². The number of fused-ring (bicyclic) bond motifs is 7. The van der Waals surface area contributed by atoms with Crippen LogP contribution in [0.15, 0.2) is 154 Å². The van der Waals surface area contributed by atoms with Gasteiger partial charge in [0.15, 0.2) is 11.2 Å². The Labute approximate surface area is 347 Å². The highest BCUT2D eigenvalue weighted by molar-refractivity contribution is 6.24. The van der Waals surface area contributed by atoms with E-state index in [-0.39, 0.29) is 42.2 Å². The van der Waals surface area contributed by atoms with Gasteiger partial charge < -0.3 is 13.9 Å². The fraction of sp³-hybridized carbons (Fsp3) is 0.160. The van der Waals surface area contributed by atoms with E-state index in [0.29, 0.717) is 56.4 Å². The molecule has 6 atom stereocenters. The molecule has 4 heterocycles. The van der Waals surface area contributed by atoms with Gasteiger partial charge in [-0.05, 0) is 96.9 Å². The Hall–Kier alpha value is -7.66. The number of oxazole rings is 2. The molecule has 6 unspecified atom stereocenters. The summed E-state index contributed by atoms with van der Waals surface area (Å²) in [7, 11) is 0. The molecule has 2 aliphatic heterocycles. The van der Waals surface area contributed by atoms with Gasteiger partial charge in [0.1, 0.15) is 16.8 Å². The number of allylic oxidation sites excluding steroid dienone is 2. The first kappa shape index (κ1) is 35.3. The summed E-state index contributed by atoms with van der Waals surface area (Å²) in [4.78, 5) is 70.2. The van der Waals surface area contributed by atoms with E-state index in [1.165, 1.54) is 9.80 Å². The Balaban J connectivity index is 0.906. The van der Waals surface area contributed by atoms with Crippen LogP contribution in [0.1, 0.15) is 24.3 Å². The molecular formula is C50H34N4O7. The average Bonchev–Trinajstić information content (AvgIpc) is 4.05. The molecule has 11 nitrogen and oxygen atoms in total. The van der Waals surface area contributed by atoms with E-state index < -0.39 is 35.5 Å². The SMILES string of the molecule is O=C1C2CC=C3C(CC4C(=O)N(c5ccc(-c6nc7ccccc7o6)cc5)C(=O)C4C3c3ccc4ccccc4c3O)C2C(=O)N1c1ccc(-c2nc3ccccc3o2)cc1. The van der Waals surface area contributed by atoms with Crippen LogP contribution in [0.2, 0.25) is 0 Å². The number of rotatable bonds is 5. The van der Waals surface area contributed by atoms with Gasteiger partial charge in [0.05, 0.1) is 35.0 Å². The van der Waals surface area contributed by atoms with Gasteiger partial charge in [-0.2, -0.15) is 0 Å². The number of carbonyl (C=O) groups is 4. The number of amides is 4. The molecule has 0 radical (unpaired) electrons. The molecule has 4 aliphatic rings. The number of imide groups is 2. The third-order valence-electron chi connectivity index (χ3n) is 13.2. The van der Waals surface area contributed by atoms with Gasteiger partial charge in [0.25, 0.3) is 0 Å². The zero-order chi connectivity index (χ0) is 41.1. The number of hydrogen-bond donors (Lipinski definition) is 1. The van der Waals surface area contributed by atoms with Crippen molar-refractivity contribution in [3.63, 3.8) is 0 Å². The van der Waals surface area contributed by atoms with Crippen LogP contribution in [-0.2, 0) is 19.2 Å². The van der Waals surface area contributed by atoms with Crippen molar-refractivity contribution in [1.82, 2.24) is 9.97 Å². The predicted octanol–water partition coefficient (Wildman–Crippen LogP) is 9.21. The predicted molar refractivity (Wildman–Crippen MR) is 227 cm³/mol. The van der Waals surface area contributed by atoms with E-state index in [1.807, 2.05) is 91.0 Å². The van der Waals surface area contributed by atoms with E-state index in [0.717, 1.165) is 22.0 Å². The number of phenolic OH excluding ortho intramolecular Hbond substituents is 1. The molecule has 3 fully saturated rings. The fourth-order valence-electron chi connectivity index (χ4n) is 10.5. The largest absolute Gasteiger partial charge is 0.507 e. The Kier molecular flexibility index (Phi) is 7.62. The zero-order valence-corrected chi connectivity index (χ0v) is 32.3. The molecular weight excluding hydrogens is 769 g/mol. The number of para-hydroxylation sites is 4. The number of carbonyl (C=O) groups excluding carboxylic acids is 4. The van der Waals surface area contributed by atoms with Crippen molar-refractivity contribution in [2.75, 3.05) is 9.80 Å². The van der Waals surface area contributed by atoms with Gasteiger partial charge in [0.2, 0.25) is 35.4 Å². The number of phenols is 1. The van der Waals surface area contributed by atoms with Crippen LogP contribution in [-0.4, -0.2) is 38.7 Å². The first-order valence-electron chi connectivity index (χ1n) is 20.4. The smallest absolute Gasteiger partial charge is 0.238 e. The lowest BCUT2D eigenvalue weighted by atomic mass is 9.57. The van der Waals surface area contributed by atoms with Gasteiger partial charge >= 0.3 is 0 Å². The summed E-state index contributed by atoms with van der Waals surface area (Å²) in [5.74, 6) is -4.85. The lowest BCUT2D eigenvalue weighted by Gasteiger charge is -2.44. The fourth-order valence-corrected chi connectivity index (χ4v) is 10.5. The van der Waals surface area contributed by atoms with Crippen LogP contribution < -0.4 is 9.80 Å². The molecule has 0 bridgehead atoms. The van der Waals surface area contributed by atoms with Crippen LogP contribution in [0.4, 0.5) is 11.4 Å². The van der Waals surface area contributed by atoms with E-state index in [2.05, 4.69) is 9.97 Å². The summed E-state index contributed by atoms with van der Waals surface area (Å²) in [6.45, 7) is 0. The van der Waals surface area contributed by atoms with Gasteiger partial charge in [-0.3, -0.25) is 29.0 Å². The van der Waals surface area contributed by atoms with Crippen molar-refractivity contribution >= 4 is 68.0 Å². The summed E-state index contributed by atoms with van der Waals surface area (Å²) in [5.41, 5.74) is 6.29. The summed E-state index contributed by atoms with van der Waals surface area (Å²) in [5, 5.41) is 13.4. The Morgan fingerprint density at radius 1 is 0.541 bits per heavy atom. The minimum atomic E-state index is -0.849. The van der Waals surface area contributed by atoms with Crippen molar-refractivity contribution in [3.8, 4) is 28.7 Å². The van der Waals surface area contributed by atoms with E-state index in [9.17, 15) is 24.3 Å².